The predicted octanol–water partition coefficient (Wildman–Crippen LogP) is 3.18. The van der Waals surface area contributed by atoms with Gasteiger partial charge in [-0.3, -0.25) is 9.59 Å². The van der Waals surface area contributed by atoms with E-state index in [1.165, 1.54) is 6.42 Å². The summed E-state index contributed by atoms with van der Waals surface area (Å²) < 4.78 is 3.13. The molecule has 1 aromatic heterocycles. The fourth-order valence-electron chi connectivity index (χ4n) is 3.92. The van der Waals surface area contributed by atoms with Crippen molar-refractivity contribution in [3.05, 3.63) is 34.4 Å². The molecule has 0 radical (unpaired) electrons. The number of amides is 2. The number of halogens is 1. The Labute approximate surface area is 162 Å². The molecule has 0 N–H and O–H groups in total. The summed E-state index contributed by atoms with van der Waals surface area (Å²) in [7, 11) is 0. The fourth-order valence-corrected chi connectivity index (χ4v) is 4.47. The number of fused-ring (bicyclic) bond motifs is 1. The Morgan fingerprint density at radius 3 is 2.38 bits per heavy atom. The van der Waals surface area contributed by atoms with Crippen molar-refractivity contribution in [2.45, 2.75) is 32.7 Å². The summed E-state index contributed by atoms with van der Waals surface area (Å²) in [6.45, 7) is 4.97. The maximum absolute atomic E-state index is 12.8. The number of benzene rings is 1. The quantitative estimate of drug-likeness (QED) is 0.769. The van der Waals surface area contributed by atoms with Gasteiger partial charge in [-0.1, -0.05) is 24.6 Å². The van der Waals surface area contributed by atoms with Crippen LogP contribution in [0.15, 0.2) is 28.7 Å². The molecule has 26 heavy (non-hydrogen) atoms. The number of piperazine rings is 1. The topological polar surface area (TPSA) is 45.6 Å². The van der Waals surface area contributed by atoms with Crippen molar-refractivity contribution >= 4 is 38.6 Å². The number of hydrogen-bond donors (Lipinski definition) is 0. The van der Waals surface area contributed by atoms with Crippen molar-refractivity contribution in [1.29, 1.82) is 0 Å². The van der Waals surface area contributed by atoms with E-state index in [4.69, 9.17) is 0 Å². The highest BCUT2D eigenvalue weighted by Gasteiger charge is 2.32. The molecule has 1 saturated carbocycles. The minimum absolute atomic E-state index is 0.122. The number of para-hydroxylation sites is 1. The number of aromatic nitrogens is 1. The summed E-state index contributed by atoms with van der Waals surface area (Å²) in [5.74, 6) is 0.653. The van der Waals surface area contributed by atoms with Crippen LogP contribution in [0.25, 0.3) is 10.9 Å². The number of hydrogen-bond acceptors (Lipinski definition) is 2. The van der Waals surface area contributed by atoms with E-state index in [0.29, 0.717) is 38.6 Å². The number of nitrogens with zero attached hydrogens (tertiary/aromatic N) is 3. The van der Waals surface area contributed by atoms with Gasteiger partial charge in [-0.2, -0.15) is 0 Å². The predicted molar refractivity (Wildman–Crippen MR) is 105 cm³/mol. The largest absolute Gasteiger partial charge is 0.339 e. The zero-order valence-corrected chi connectivity index (χ0v) is 16.7. The van der Waals surface area contributed by atoms with E-state index in [-0.39, 0.29) is 11.8 Å². The van der Waals surface area contributed by atoms with Crippen molar-refractivity contribution in [3.8, 4) is 0 Å². The molecule has 6 heteroatoms. The van der Waals surface area contributed by atoms with Crippen LogP contribution < -0.4 is 0 Å². The molecule has 2 aromatic rings. The number of carbonyl (C=O) groups excluding carboxylic acids is 2. The SMILES string of the molecule is Cc1c(Br)c2ccccc2n1CC(=O)N1CCN(C(=O)C2CCC2)CC1. The van der Waals surface area contributed by atoms with Crippen LogP contribution in [0.2, 0.25) is 0 Å². The first-order valence-electron chi connectivity index (χ1n) is 9.36. The first kappa shape index (κ1) is 17.6. The van der Waals surface area contributed by atoms with Crippen molar-refractivity contribution in [2.75, 3.05) is 26.2 Å². The monoisotopic (exact) mass is 417 g/mol. The fraction of sp³-hybridized carbons (Fsp3) is 0.500. The van der Waals surface area contributed by atoms with E-state index in [0.717, 1.165) is 33.9 Å². The van der Waals surface area contributed by atoms with Gasteiger partial charge in [-0.25, -0.2) is 0 Å². The summed E-state index contributed by atoms with van der Waals surface area (Å²) in [6, 6.07) is 8.13. The van der Waals surface area contributed by atoms with E-state index in [9.17, 15) is 9.59 Å². The highest BCUT2D eigenvalue weighted by atomic mass is 79.9. The van der Waals surface area contributed by atoms with Crippen LogP contribution >= 0.6 is 15.9 Å². The second-order valence-electron chi connectivity index (χ2n) is 7.34. The molecule has 2 aliphatic rings. The third kappa shape index (κ3) is 3.04. The lowest BCUT2D eigenvalue weighted by Gasteiger charge is -2.38. The van der Waals surface area contributed by atoms with Gasteiger partial charge < -0.3 is 14.4 Å². The standard InChI is InChI=1S/C20H24BrN3O2/c1-14-19(21)16-7-2-3-8-17(16)24(14)13-18(25)22-9-11-23(12-10-22)20(26)15-5-4-6-15/h2-3,7-8,15H,4-6,9-13H2,1H3. The minimum Gasteiger partial charge on any atom is -0.339 e. The highest BCUT2D eigenvalue weighted by molar-refractivity contribution is 9.10. The van der Waals surface area contributed by atoms with E-state index >= 15 is 0 Å². The van der Waals surface area contributed by atoms with Crippen molar-refractivity contribution in [2.24, 2.45) is 5.92 Å². The summed E-state index contributed by atoms with van der Waals surface area (Å²) in [5.41, 5.74) is 2.14. The molecular formula is C20H24BrN3O2. The van der Waals surface area contributed by atoms with Gasteiger partial charge >= 0.3 is 0 Å². The molecule has 2 amide bonds. The van der Waals surface area contributed by atoms with Crippen LogP contribution in [0.1, 0.15) is 25.0 Å². The molecule has 2 fully saturated rings. The van der Waals surface area contributed by atoms with Crippen LogP contribution in [0.5, 0.6) is 0 Å². The van der Waals surface area contributed by atoms with E-state index in [1.54, 1.807) is 0 Å². The molecule has 2 heterocycles. The Kier molecular flexibility index (Phi) is 4.78. The van der Waals surface area contributed by atoms with Gasteiger partial charge in [0.05, 0.1) is 0 Å². The molecule has 5 nitrogen and oxygen atoms in total. The molecule has 1 aliphatic heterocycles. The molecule has 0 bridgehead atoms. The van der Waals surface area contributed by atoms with Gasteiger partial charge in [0.25, 0.3) is 0 Å². The maximum atomic E-state index is 12.8. The molecular weight excluding hydrogens is 394 g/mol. The molecule has 0 unspecified atom stereocenters. The normalized spacial score (nSPS) is 18.2. The van der Waals surface area contributed by atoms with Crippen LogP contribution in [0.3, 0.4) is 0 Å². The molecule has 0 atom stereocenters. The van der Waals surface area contributed by atoms with Crippen molar-refractivity contribution in [3.63, 3.8) is 0 Å². The molecule has 1 aliphatic carbocycles. The lowest BCUT2D eigenvalue weighted by atomic mass is 9.84. The highest BCUT2D eigenvalue weighted by Crippen LogP contribution is 2.31. The summed E-state index contributed by atoms with van der Waals surface area (Å²) in [5, 5.41) is 1.13. The smallest absolute Gasteiger partial charge is 0.242 e. The van der Waals surface area contributed by atoms with Gasteiger partial charge in [-0.15, -0.1) is 0 Å². The Bertz CT molecular complexity index is 848. The number of carbonyl (C=O) groups is 2. The van der Waals surface area contributed by atoms with Crippen molar-refractivity contribution in [1.82, 2.24) is 14.4 Å². The van der Waals surface area contributed by atoms with Crippen LogP contribution in [0.4, 0.5) is 0 Å². The summed E-state index contributed by atoms with van der Waals surface area (Å²) in [4.78, 5) is 29.0. The Morgan fingerprint density at radius 1 is 1.08 bits per heavy atom. The molecule has 0 spiro atoms. The lowest BCUT2D eigenvalue weighted by molar-refractivity contribution is -0.144. The van der Waals surface area contributed by atoms with Crippen LogP contribution in [0, 0.1) is 12.8 Å². The molecule has 4 rings (SSSR count). The second-order valence-corrected chi connectivity index (χ2v) is 8.13. The zero-order chi connectivity index (χ0) is 18.3. The van der Waals surface area contributed by atoms with Gasteiger partial charge in [0.2, 0.25) is 11.8 Å². The third-order valence-corrected chi connectivity index (χ3v) is 6.85. The molecule has 138 valence electrons. The second kappa shape index (κ2) is 7.06. The van der Waals surface area contributed by atoms with E-state index in [1.807, 2.05) is 28.9 Å². The maximum Gasteiger partial charge on any atom is 0.242 e. The van der Waals surface area contributed by atoms with Gasteiger partial charge in [-0.05, 0) is 41.8 Å². The van der Waals surface area contributed by atoms with Crippen LogP contribution in [-0.4, -0.2) is 52.4 Å². The first-order chi connectivity index (χ1) is 12.6. The Morgan fingerprint density at radius 2 is 1.73 bits per heavy atom. The first-order valence-corrected chi connectivity index (χ1v) is 10.2. The van der Waals surface area contributed by atoms with Gasteiger partial charge in [0.15, 0.2) is 0 Å². The van der Waals surface area contributed by atoms with Crippen molar-refractivity contribution < 1.29 is 9.59 Å². The average molecular weight is 418 g/mol. The van der Waals surface area contributed by atoms with Gasteiger partial charge in [0, 0.05) is 53.2 Å². The van der Waals surface area contributed by atoms with E-state index < -0.39 is 0 Å². The summed E-state index contributed by atoms with van der Waals surface area (Å²) >= 11 is 3.65. The molecule has 1 saturated heterocycles. The Hall–Kier alpha value is -1.82. The minimum atomic E-state index is 0.122. The summed E-state index contributed by atoms with van der Waals surface area (Å²) in [6.07, 6.45) is 3.24. The zero-order valence-electron chi connectivity index (χ0n) is 15.1. The van der Waals surface area contributed by atoms with Gasteiger partial charge in [0.1, 0.15) is 6.54 Å². The van der Waals surface area contributed by atoms with E-state index in [2.05, 4.69) is 32.6 Å². The lowest BCUT2D eigenvalue weighted by Crippen LogP contribution is -2.53. The van der Waals surface area contributed by atoms with Crippen LogP contribution in [-0.2, 0) is 16.1 Å². The third-order valence-electron chi connectivity index (χ3n) is 5.85. The Balaban J connectivity index is 1.42. The number of rotatable bonds is 3. The molecule has 1 aromatic carbocycles. The average Bonchev–Trinajstić information content (AvgIpc) is 2.85.